The summed E-state index contributed by atoms with van der Waals surface area (Å²) >= 11 is 0. The molecule has 1 heterocycles. The maximum absolute atomic E-state index is 12.8. The van der Waals surface area contributed by atoms with E-state index in [0.717, 1.165) is 44.7 Å². The molecule has 3 atom stereocenters. The molecular weight excluding hydrogens is 326 g/mol. The molecular formula is C21H37N3O2. The van der Waals surface area contributed by atoms with Crippen LogP contribution in [0.5, 0.6) is 0 Å². The first-order valence-corrected chi connectivity index (χ1v) is 10.9. The lowest BCUT2D eigenvalue weighted by Gasteiger charge is -2.39. The third kappa shape index (κ3) is 5.70. The molecule has 1 saturated heterocycles. The van der Waals surface area contributed by atoms with Crippen LogP contribution in [-0.2, 0) is 9.59 Å². The Balaban J connectivity index is 1.48. The Kier molecular flexibility index (Phi) is 7.35. The third-order valence-corrected chi connectivity index (χ3v) is 6.59. The van der Waals surface area contributed by atoms with Crippen LogP contribution in [0.3, 0.4) is 0 Å². The smallest absolute Gasteiger partial charge is 0.223 e. The lowest BCUT2D eigenvalue weighted by atomic mass is 9.84. The highest BCUT2D eigenvalue weighted by molar-refractivity contribution is 5.79. The van der Waals surface area contributed by atoms with Gasteiger partial charge in [0.05, 0.1) is 0 Å². The quantitative estimate of drug-likeness (QED) is 0.755. The van der Waals surface area contributed by atoms with E-state index in [0.29, 0.717) is 6.04 Å². The van der Waals surface area contributed by atoms with Gasteiger partial charge < -0.3 is 10.6 Å². The van der Waals surface area contributed by atoms with Gasteiger partial charge in [-0.25, -0.2) is 0 Å². The minimum absolute atomic E-state index is 0.0161. The Hall–Kier alpha value is -1.10. The molecule has 26 heavy (non-hydrogen) atoms. The van der Waals surface area contributed by atoms with Crippen molar-refractivity contribution in [3.05, 3.63) is 0 Å². The SMILES string of the molecule is CC(=O)NC1CCCC(C(=O)NC2CCCN(C3CCCCCC3)C2)C1. The zero-order chi connectivity index (χ0) is 18.4. The van der Waals surface area contributed by atoms with Crippen LogP contribution >= 0.6 is 0 Å². The van der Waals surface area contributed by atoms with Crippen LogP contribution in [0.25, 0.3) is 0 Å². The summed E-state index contributed by atoms with van der Waals surface area (Å²) in [6, 6.07) is 1.21. The minimum Gasteiger partial charge on any atom is -0.354 e. The van der Waals surface area contributed by atoms with Crippen LogP contribution in [0, 0.1) is 5.92 Å². The molecule has 5 nitrogen and oxygen atoms in total. The number of carbonyl (C=O) groups excluding carboxylic acids is 2. The molecule has 148 valence electrons. The van der Waals surface area contributed by atoms with Gasteiger partial charge in [-0.1, -0.05) is 32.1 Å². The zero-order valence-electron chi connectivity index (χ0n) is 16.5. The fourth-order valence-electron chi connectivity index (χ4n) is 5.24. The molecule has 2 aliphatic carbocycles. The summed E-state index contributed by atoms with van der Waals surface area (Å²) in [4.78, 5) is 26.7. The van der Waals surface area contributed by atoms with E-state index in [1.165, 1.54) is 51.5 Å². The number of hydrogen-bond donors (Lipinski definition) is 2. The van der Waals surface area contributed by atoms with E-state index in [4.69, 9.17) is 0 Å². The number of rotatable bonds is 4. The van der Waals surface area contributed by atoms with Gasteiger partial charge in [-0.2, -0.15) is 0 Å². The van der Waals surface area contributed by atoms with Gasteiger partial charge in [0.1, 0.15) is 0 Å². The third-order valence-electron chi connectivity index (χ3n) is 6.59. The Bertz CT molecular complexity index is 474. The summed E-state index contributed by atoms with van der Waals surface area (Å²) in [5.74, 6) is 0.295. The van der Waals surface area contributed by atoms with E-state index in [-0.39, 0.29) is 23.8 Å². The van der Waals surface area contributed by atoms with E-state index in [2.05, 4.69) is 15.5 Å². The maximum Gasteiger partial charge on any atom is 0.223 e. The van der Waals surface area contributed by atoms with Crippen LogP contribution in [0.15, 0.2) is 0 Å². The number of likely N-dealkylation sites (tertiary alicyclic amines) is 1. The second-order valence-corrected chi connectivity index (χ2v) is 8.75. The van der Waals surface area contributed by atoms with Gasteiger partial charge in [0.2, 0.25) is 11.8 Å². The molecule has 0 aromatic heterocycles. The van der Waals surface area contributed by atoms with Crippen molar-refractivity contribution in [1.29, 1.82) is 0 Å². The molecule has 0 spiro atoms. The van der Waals surface area contributed by atoms with Crippen LogP contribution in [-0.4, -0.2) is 47.9 Å². The monoisotopic (exact) mass is 363 g/mol. The normalized spacial score (nSPS) is 31.8. The first-order chi connectivity index (χ1) is 12.6. The highest BCUT2D eigenvalue weighted by Gasteiger charge is 2.31. The summed E-state index contributed by atoms with van der Waals surface area (Å²) in [6.45, 7) is 3.79. The topological polar surface area (TPSA) is 61.4 Å². The fraction of sp³-hybridized carbons (Fsp3) is 0.905. The molecule has 0 aromatic carbocycles. The highest BCUT2D eigenvalue weighted by atomic mass is 16.2. The van der Waals surface area contributed by atoms with Gasteiger partial charge in [-0.3, -0.25) is 14.5 Å². The van der Waals surface area contributed by atoms with Crippen molar-refractivity contribution in [2.75, 3.05) is 13.1 Å². The molecule has 3 rings (SSSR count). The second-order valence-electron chi connectivity index (χ2n) is 8.75. The predicted octanol–water partition coefficient (Wildman–Crippen LogP) is 2.98. The highest BCUT2D eigenvalue weighted by Crippen LogP contribution is 2.27. The van der Waals surface area contributed by atoms with Crippen LogP contribution in [0.1, 0.15) is 84.0 Å². The Morgan fingerprint density at radius 1 is 0.808 bits per heavy atom. The molecule has 5 heteroatoms. The lowest BCUT2D eigenvalue weighted by Crippen LogP contribution is -2.52. The van der Waals surface area contributed by atoms with Crippen molar-refractivity contribution in [2.24, 2.45) is 5.92 Å². The molecule has 3 aliphatic rings. The van der Waals surface area contributed by atoms with Crippen molar-refractivity contribution in [3.63, 3.8) is 0 Å². The standard InChI is InChI=1S/C21H37N3O2/c1-16(25)22-18-9-6-8-17(14-18)21(26)23-19-10-7-13-24(15-19)20-11-4-2-3-5-12-20/h17-20H,2-15H2,1H3,(H,22,25)(H,23,26). The van der Waals surface area contributed by atoms with Gasteiger partial charge in [-0.05, 0) is 51.5 Å². The first kappa shape index (κ1) is 19.7. The van der Waals surface area contributed by atoms with E-state index in [1.807, 2.05) is 0 Å². The fourth-order valence-corrected chi connectivity index (χ4v) is 5.24. The Morgan fingerprint density at radius 2 is 1.54 bits per heavy atom. The summed E-state index contributed by atoms with van der Waals surface area (Å²) in [7, 11) is 0. The van der Waals surface area contributed by atoms with E-state index < -0.39 is 0 Å². The maximum atomic E-state index is 12.8. The number of carbonyl (C=O) groups is 2. The van der Waals surface area contributed by atoms with E-state index >= 15 is 0 Å². The summed E-state index contributed by atoms with van der Waals surface area (Å²) in [5, 5.41) is 6.35. The largest absolute Gasteiger partial charge is 0.354 e. The molecule has 2 saturated carbocycles. The minimum atomic E-state index is 0.0161. The number of nitrogens with zero attached hydrogens (tertiary/aromatic N) is 1. The van der Waals surface area contributed by atoms with Crippen molar-refractivity contribution in [2.45, 2.75) is 102 Å². The molecule has 2 amide bonds. The predicted molar refractivity (Wildman–Crippen MR) is 104 cm³/mol. The van der Waals surface area contributed by atoms with Crippen molar-refractivity contribution < 1.29 is 9.59 Å². The molecule has 1 aliphatic heterocycles. The van der Waals surface area contributed by atoms with Gasteiger partial charge in [0, 0.05) is 37.5 Å². The Labute approximate surface area is 158 Å². The van der Waals surface area contributed by atoms with Crippen molar-refractivity contribution in [3.8, 4) is 0 Å². The van der Waals surface area contributed by atoms with E-state index in [9.17, 15) is 9.59 Å². The number of nitrogens with one attached hydrogen (secondary N) is 2. The zero-order valence-corrected chi connectivity index (χ0v) is 16.5. The molecule has 2 N–H and O–H groups in total. The van der Waals surface area contributed by atoms with Crippen molar-refractivity contribution in [1.82, 2.24) is 15.5 Å². The van der Waals surface area contributed by atoms with Gasteiger partial charge in [0.15, 0.2) is 0 Å². The van der Waals surface area contributed by atoms with Crippen LogP contribution < -0.4 is 10.6 Å². The number of piperidine rings is 1. The molecule has 3 fully saturated rings. The van der Waals surface area contributed by atoms with E-state index in [1.54, 1.807) is 6.92 Å². The molecule has 0 radical (unpaired) electrons. The lowest BCUT2D eigenvalue weighted by molar-refractivity contribution is -0.128. The number of hydrogen-bond acceptors (Lipinski definition) is 3. The van der Waals surface area contributed by atoms with Crippen LogP contribution in [0.2, 0.25) is 0 Å². The van der Waals surface area contributed by atoms with Gasteiger partial charge >= 0.3 is 0 Å². The summed E-state index contributed by atoms with van der Waals surface area (Å²) in [5.41, 5.74) is 0. The Morgan fingerprint density at radius 3 is 2.27 bits per heavy atom. The summed E-state index contributed by atoms with van der Waals surface area (Å²) < 4.78 is 0. The molecule has 0 bridgehead atoms. The average molecular weight is 364 g/mol. The summed E-state index contributed by atoms with van der Waals surface area (Å²) in [6.07, 6.45) is 14.3. The molecule has 3 unspecified atom stereocenters. The average Bonchev–Trinajstić information content (AvgIpc) is 2.91. The number of amides is 2. The molecule has 0 aromatic rings. The van der Waals surface area contributed by atoms with Crippen LogP contribution in [0.4, 0.5) is 0 Å². The van der Waals surface area contributed by atoms with Gasteiger partial charge in [-0.15, -0.1) is 0 Å². The van der Waals surface area contributed by atoms with Crippen molar-refractivity contribution >= 4 is 11.8 Å². The van der Waals surface area contributed by atoms with Gasteiger partial charge in [0.25, 0.3) is 0 Å². The first-order valence-electron chi connectivity index (χ1n) is 10.9. The second kappa shape index (κ2) is 9.72.